The molecule has 0 aliphatic carbocycles. The summed E-state index contributed by atoms with van der Waals surface area (Å²) in [5.74, 6) is 0.355. The fourth-order valence-corrected chi connectivity index (χ4v) is 3.61. The highest BCUT2D eigenvalue weighted by Gasteiger charge is 2.17. The number of nitrogens with zero attached hydrogens (tertiary/aromatic N) is 4. The summed E-state index contributed by atoms with van der Waals surface area (Å²) in [5.41, 5.74) is 2.62. The highest BCUT2D eigenvalue weighted by Crippen LogP contribution is 2.24. The fourth-order valence-electron chi connectivity index (χ4n) is 3.61. The van der Waals surface area contributed by atoms with Crippen LogP contribution in [0.15, 0.2) is 42.5 Å². The van der Waals surface area contributed by atoms with Gasteiger partial charge in [-0.3, -0.25) is 4.79 Å². The summed E-state index contributed by atoms with van der Waals surface area (Å²) >= 11 is 0. The molecule has 0 saturated carbocycles. The number of aryl methyl sites for hydroxylation is 1. The van der Waals surface area contributed by atoms with E-state index in [1.54, 1.807) is 12.1 Å². The summed E-state index contributed by atoms with van der Waals surface area (Å²) in [5, 5.41) is 3.69. The Bertz CT molecular complexity index is 1170. The van der Waals surface area contributed by atoms with E-state index in [1.165, 1.54) is 25.3 Å². The van der Waals surface area contributed by atoms with E-state index >= 15 is 0 Å². The third-order valence-corrected chi connectivity index (χ3v) is 5.55. The van der Waals surface area contributed by atoms with Crippen molar-refractivity contribution in [1.82, 2.24) is 14.9 Å². The van der Waals surface area contributed by atoms with Gasteiger partial charge in [-0.1, -0.05) is 0 Å². The molecule has 3 aromatic rings. The Morgan fingerprint density at radius 2 is 1.91 bits per heavy atom. The Morgan fingerprint density at radius 1 is 1.12 bits per heavy atom. The topological polar surface area (TPSA) is 70.6 Å². The van der Waals surface area contributed by atoms with Gasteiger partial charge < -0.3 is 19.9 Å². The van der Waals surface area contributed by atoms with Gasteiger partial charge in [-0.15, -0.1) is 0 Å². The molecule has 0 radical (unpaired) electrons. The van der Waals surface area contributed by atoms with Gasteiger partial charge in [-0.2, -0.15) is 0 Å². The van der Waals surface area contributed by atoms with E-state index < -0.39 is 5.82 Å². The number of rotatable bonds is 5. The predicted octanol–water partition coefficient (Wildman–Crippen LogP) is 3.49. The van der Waals surface area contributed by atoms with Crippen LogP contribution in [0.25, 0.3) is 17.0 Å². The van der Waals surface area contributed by atoms with Crippen LogP contribution in [0.5, 0.6) is 5.75 Å². The number of benzene rings is 2. The minimum Gasteiger partial charge on any atom is -0.497 e. The molecule has 7 nitrogen and oxygen atoms in total. The summed E-state index contributed by atoms with van der Waals surface area (Å²) in [6.45, 7) is 5.72. The summed E-state index contributed by atoms with van der Waals surface area (Å²) in [6.07, 6.45) is 2.73. The Hall–Kier alpha value is -3.52. The second-order valence-corrected chi connectivity index (χ2v) is 7.84. The number of carbonyl (C=O) groups excluding carboxylic acids is 1. The summed E-state index contributed by atoms with van der Waals surface area (Å²) in [6, 6.07) is 10.0. The molecule has 166 valence electrons. The Kier molecular flexibility index (Phi) is 6.32. The number of aromatic nitrogens is 2. The lowest BCUT2D eigenvalue weighted by molar-refractivity contribution is -0.111. The van der Waals surface area contributed by atoms with Gasteiger partial charge in [0.1, 0.15) is 11.6 Å². The first-order chi connectivity index (χ1) is 15.4. The van der Waals surface area contributed by atoms with E-state index in [4.69, 9.17) is 9.72 Å². The number of amides is 1. The third kappa shape index (κ3) is 4.86. The van der Waals surface area contributed by atoms with Gasteiger partial charge in [0.2, 0.25) is 11.9 Å². The molecule has 1 aliphatic rings. The number of nitrogens with one attached hydrogen (secondary N) is 1. The lowest BCUT2D eigenvalue weighted by atomic mass is 10.1. The number of fused-ring (bicyclic) bond motifs is 1. The number of methoxy groups -OCH3 is 1. The minimum absolute atomic E-state index is 0.306. The predicted molar refractivity (Wildman–Crippen MR) is 125 cm³/mol. The first-order valence-corrected chi connectivity index (χ1v) is 10.5. The quantitative estimate of drug-likeness (QED) is 0.619. The maximum Gasteiger partial charge on any atom is 0.248 e. The van der Waals surface area contributed by atoms with Gasteiger partial charge in [0, 0.05) is 55.0 Å². The number of hydrogen-bond donors (Lipinski definition) is 1. The van der Waals surface area contributed by atoms with Crippen molar-refractivity contribution in [3.05, 3.63) is 59.5 Å². The van der Waals surface area contributed by atoms with E-state index in [9.17, 15) is 9.18 Å². The van der Waals surface area contributed by atoms with Crippen LogP contribution in [0.3, 0.4) is 0 Å². The molecule has 0 atom stereocenters. The van der Waals surface area contributed by atoms with Crippen LogP contribution in [0.1, 0.15) is 11.3 Å². The molecule has 1 N–H and O–H groups in total. The Morgan fingerprint density at radius 3 is 2.62 bits per heavy atom. The van der Waals surface area contributed by atoms with Crippen molar-refractivity contribution in [2.24, 2.45) is 0 Å². The van der Waals surface area contributed by atoms with E-state index in [2.05, 4.69) is 27.1 Å². The van der Waals surface area contributed by atoms with Crippen molar-refractivity contribution in [2.45, 2.75) is 6.92 Å². The maximum absolute atomic E-state index is 14.0. The number of carbonyl (C=O) groups is 1. The first-order valence-electron chi connectivity index (χ1n) is 10.5. The number of halogens is 1. The van der Waals surface area contributed by atoms with Crippen LogP contribution < -0.4 is 15.0 Å². The zero-order valence-corrected chi connectivity index (χ0v) is 18.4. The van der Waals surface area contributed by atoms with Crippen LogP contribution in [-0.2, 0) is 4.79 Å². The van der Waals surface area contributed by atoms with Crippen molar-refractivity contribution >= 4 is 34.5 Å². The smallest absolute Gasteiger partial charge is 0.248 e. The molecule has 4 rings (SSSR count). The molecular weight excluding hydrogens is 409 g/mol. The van der Waals surface area contributed by atoms with Crippen molar-refractivity contribution < 1.29 is 13.9 Å². The van der Waals surface area contributed by atoms with Gasteiger partial charge in [0.15, 0.2) is 0 Å². The number of piperazine rings is 1. The molecule has 1 fully saturated rings. The van der Waals surface area contributed by atoms with Crippen molar-refractivity contribution in [3.8, 4) is 5.75 Å². The van der Waals surface area contributed by atoms with Gasteiger partial charge >= 0.3 is 0 Å². The highest BCUT2D eigenvalue weighted by molar-refractivity contribution is 6.03. The molecule has 0 spiro atoms. The second-order valence-electron chi connectivity index (χ2n) is 7.84. The van der Waals surface area contributed by atoms with E-state index in [0.717, 1.165) is 48.7 Å². The molecular formula is C24H26FN5O2. The lowest BCUT2D eigenvalue weighted by Gasteiger charge is -2.32. The normalized spacial score (nSPS) is 14.8. The zero-order valence-electron chi connectivity index (χ0n) is 18.4. The van der Waals surface area contributed by atoms with Gasteiger partial charge in [0.05, 0.1) is 18.3 Å². The summed E-state index contributed by atoms with van der Waals surface area (Å²) in [7, 11) is 3.59. The molecule has 1 amide bonds. The van der Waals surface area contributed by atoms with Crippen molar-refractivity contribution in [1.29, 1.82) is 0 Å². The van der Waals surface area contributed by atoms with E-state index in [1.807, 2.05) is 25.1 Å². The van der Waals surface area contributed by atoms with Gasteiger partial charge in [-0.25, -0.2) is 14.4 Å². The van der Waals surface area contributed by atoms with Crippen molar-refractivity contribution in [3.63, 3.8) is 0 Å². The minimum atomic E-state index is -0.456. The average molecular weight is 436 g/mol. The number of hydrogen-bond acceptors (Lipinski definition) is 6. The molecule has 0 unspecified atom stereocenters. The van der Waals surface area contributed by atoms with Crippen LogP contribution in [0.2, 0.25) is 0 Å². The van der Waals surface area contributed by atoms with Crippen LogP contribution in [0, 0.1) is 12.7 Å². The molecule has 1 saturated heterocycles. The number of ether oxygens (including phenoxy) is 1. The van der Waals surface area contributed by atoms with Crippen LogP contribution >= 0.6 is 0 Å². The fraction of sp³-hybridized carbons (Fsp3) is 0.292. The van der Waals surface area contributed by atoms with E-state index in [-0.39, 0.29) is 5.91 Å². The monoisotopic (exact) mass is 435 g/mol. The van der Waals surface area contributed by atoms with Crippen LogP contribution in [0.4, 0.5) is 16.0 Å². The Balaban J connectivity index is 1.48. The van der Waals surface area contributed by atoms with Gasteiger partial charge in [-0.05, 0) is 50.4 Å². The maximum atomic E-state index is 14.0. The molecule has 1 aliphatic heterocycles. The molecule has 1 aromatic heterocycles. The summed E-state index contributed by atoms with van der Waals surface area (Å²) < 4.78 is 19.0. The molecule has 2 heterocycles. The SMILES string of the molecule is COc1ccc(C=CC(=O)Nc2ccc3nc(N4CCN(C)CC4)nc(C)c3c2)c(F)c1. The highest BCUT2D eigenvalue weighted by atomic mass is 19.1. The molecule has 8 heteroatoms. The number of likely N-dealkylation sites (N-methyl/N-ethyl adjacent to an activating group) is 1. The zero-order chi connectivity index (χ0) is 22.7. The van der Waals surface area contributed by atoms with Crippen molar-refractivity contribution in [2.75, 3.05) is 50.6 Å². The third-order valence-electron chi connectivity index (χ3n) is 5.55. The molecule has 2 aromatic carbocycles. The molecule has 32 heavy (non-hydrogen) atoms. The summed E-state index contributed by atoms with van der Waals surface area (Å²) in [4.78, 5) is 26.2. The Labute approximate surface area is 186 Å². The van der Waals surface area contributed by atoms with E-state index in [0.29, 0.717) is 17.0 Å². The standard InChI is InChI=1S/C24H26FN5O2/c1-16-20-14-18(27-23(31)9-5-17-4-7-19(32-3)15-21(17)25)6-8-22(20)28-24(26-16)30-12-10-29(2)11-13-30/h4-9,14-15H,10-13H2,1-3H3,(H,27,31). The largest absolute Gasteiger partial charge is 0.497 e. The van der Waals surface area contributed by atoms with Crippen LogP contribution in [-0.4, -0.2) is 61.1 Å². The number of anilines is 2. The molecule has 0 bridgehead atoms. The average Bonchev–Trinajstić information content (AvgIpc) is 2.79. The lowest BCUT2D eigenvalue weighted by Crippen LogP contribution is -2.45. The second kappa shape index (κ2) is 9.32. The first kappa shape index (κ1) is 21.7. The van der Waals surface area contributed by atoms with Gasteiger partial charge in [0.25, 0.3) is 0 Å².